The van der Waals surface area contributed by atoms with Crippen LogP contribution in [0.15, 0.2) is 36.4 Å². The second-order valence-corrected chi connectivity index (χ2v) is 4.39. The van der Waals surface area contributed by atoms with Gasteiger partial charge in [0.1, 0.15) is 11.5 Å². The monoisotopic (exact) mass is 298 g/mol. The molecule has 104 valence electrons. The van der Waals surface area contributed by atoms with Crippen LogP contribution in [0.1, 0.15) is 5.56 Å². The SMILES string of the molecule is O=[N+]([O-])c1c(F)cc(F)cc1NCc1ccccc1Cl. The number of nitrogens with one attached hydrogen (secondary N) is 1. The number of hydrogen-bond acceptors (Lipinski definition) is 3. The first-order valence-electron chi connectivity index (χ1n) is 5.59. The Kier molecular flexibility index (Phi) is 4.14. The van der Waals surface area contributed by atoms with Crippen LogP contribution >= 0.6 is 11.6 Å². The van der Waals surface area contributed by atoms with Crippen molar-refractivity contribution in [1.82, 2.24) is 0 Å². The molecule has 0 heterocycles. The van der Waals surface area contributed by atoms with E-state index >= 15 is 0 Å². The average Bonchev–Trinajstić information content (AvgIpc) is 2.36. The fourth-order valence-corrected chi connectivity index (χ4v) is 1.92. The molecule has 0 saturated carbocycles. The Morgan fingerprint density at radius 3 is 2.60 bits per heavy atom. The second kappa shape index (κ2) is 5.83. The molecular weight excluding hydrogens is 290 g/mol. The summed E-state index contributed by atoms with van der Waals surface area (Å²) in [5.74, 6) is -2.12. The van der Waals surface area contributed by atoms with Crippen LogP contribution in [0, 0.1) is 21.7 Å². The number of nitro groups is 1. The number of rotatable bonds is 4. The van der Waals surface area contributed by atoms with Crippen molar-refractivity contribution in [3.05, 3.63) is 68.7 Å². The van der Waals surface area contributed by atoms with Gasteiger partial charge in [-0.25, -0.2) is 4.39 Å². The van der Waals surface area contributed by atoms with Gasteiger partial charge in [-0.3, -0.25) is 10.1 Å². The predicted octanol–water partition coefficient (Wildman–Crippen LogP) is 4.14. The molecule has 2 aromatic rings. The summed E-state index contributed by atoms with van der Waals surface area (Å²) < 4.78 is 26.6. The summed E-state index contributed by atoms with van der Waals surface area (Å²) in [5.41, 5.74) is -0.362. The molecule has 0 atom stereocenters. The molecule has 20 heavy (non-hydrogen) atoms. The highest BCUT2D eigenvalue weighted by molar-refractivity contribution is 6.31. The Morgan fingerprint density at radius 2 is 1.95 bits per heavy atom. The van der Waals surface area contributed by atoms with E-state index in [1.165, 1.54) is 0 Å². The fourth-order valence-electron chi connectivity index (χ4n) is 1.72. The third-order valence-corrected chi connectivity index (χ3v) is 3.01. The standard InChI is InChI=1S/C13H9ClF2N2O2/c14-10-4-2-1-3-8(10)7-17-12-6-9(15)5-11(16)13(12)18(19)20/h1-6,17H,7H2. The molecule has 0 fully saturated rings. The minimum atomic E-state index is -1.23. The number of hydrogen-bond donors (Lipinski definition) is 1. The Hall–Kier alpha value is -2.21. The van der Waals surface area contributed by atoms with Gasteiger partial charge >= 0.3 is 5.69 Å². The van der Waals surface area contributed by atoms with Crippen LogP contribution in [0.2, 0.25) is 5.02 Å². The maximum atomic E-state index is 13.4. The summed E-state index contributed by atoms with van der Waals surface area (Å²) in [6, 6.07) is 8.17. The maximum absolute atomic E-state index is 13.4. The lowest BCUT2D eigenvalue weighted by Crippen LogP contribution is -2.05. The molecular formula is C13H9ClF2N2O2. The Morgan fingerprint density at radius 1 is 1.25 bits per heavy atom. The molecule has 1 N–H and O–H groups in total. The van der Waals surface area contributed by atoms with Crippen molar-refractivity contribution in [3.8, 4) is 0 Å². The van der Waals surface area contributed by atoms with Gasteiger partial charge in [0.15, 0.2) is 0 Å². The van der Waals surface area contributed by atoms with Crippen molar-refractivity contribution in [1.29, 1.82) is 0 Å². The van der Waals surface area contributed by atoms with Gasteiger partial charge in [0.25, 0.3) is 0 Å². The molecule has 0 amide bonds. The van der Waals surface area contributed by atoms with E-state index in [4.69, 9.17) is 11.6 Å². The molecule has 2 aromatic carbocycles. The molecule has 0 aromatic heterocycles. The highest BCUT2D eigenvalue weighted by atomic mass is 35.5. The first-order valence-corrected chi connectivity index (χ1v) is 5.97. The molecule has 0 aliphatic heterocycles. The smallest absolute Gasteiger partial charge is 0.327 e. The molecule has 7 heteroatoms. The molecule has 0 radical (unpaired) electrons. The van der Waals surface area contributed by atoms with Gasteiger partial charge in [-0.1, -0.05) is 29.8 Å². The Balaban J connectivity index is 2.30. The van der Waals surface area contributed by atoms with Crippen molar-refractivity contribution in [3.63, 3.8) is 0 Å². The molecule has 0 unspecified atom stereocenters. The van der Waals surface area contributed by atoms with Gasteiger partial charge in [0, 0.05) is 23.7 Å². The molecule has 0 aliphatic rings. The number of nitro benzene ring substituents is 1. The summed E-state index contributed by atoms with van der Waals surface area (Å²) in [5, 5.41) is 13.9. The van der Waals surface area contributed by atoms with Crippen LogP contribution in [0.4, 0.5) is 20.2 Å². The van der Waals surface area contributed by atoms with E-state index in [0.717, 1.165) is 6.07 Å². The summed E-state index contributed by atoms with van der Waals surface area (Å²) in [6.07, 6.45) is 0. The quantitative estimate of drug-likeness (QED) is 0.682. The van der Waals surface area contributed by atoms with Crippen molar-refractivity contribution >= 4 is 23.0 Å². The lowest BCUT2D eigenvalue weighted by molar-refractivity contribution is -0.386. The molecule has 0 bridgehead atoms. The first-order chi connectivity index (χ1) is 9.49. The summed E-state index contributed by atoms with van der Waals surface area (Å²) in [4.78, 5) is 9.91. The van der Waals surface area contributed by atoms with Crippen molar-refractivity contribution in [2.75, 3.05) is 5.32 Å². The summed E-state index contributed by atoms with van der Waals surface area (Å²) in [6.45, 7) is 0.114. The van der Waals surface area contributed by atoms with Crippen molar-refractivity contribution < 1.29 is 13.7 Å². The van der Waals surface area contributed by atoms with Gasteiger partial charge in [-0.05, 0) is 11.6 Å². The average molecular weight is 299 g/mol. The van der Waals surface area contributed by atoms with Gasteiger partial charge in [0.05, 0.1) is 4.92 Å². The van der Waals surface area contributed by atoms with E-state index in [1.807, 2.05) is 0 Å². The lowest BCUT2D eigenvalue weighted by atomic mass is 10.2. The van der Waals surface area contributed by atoms with E-state index in [0.29, 0.717) is 16.7 Å². The number of anilines is 1. The number of benzene rings is 2. The first kappa shape index (κ1) is 14.2. The van der Waals surface area contributed by atoms with E-state index < -0.39 is 22.2 Å². The van der Waals surface area contributed by atoms with Gasteiger partial charge in [0.2, 0.25) is 5.82 Å². The normalized spacial score (nSPS) is 10.3. The summed E-state index contributed by atoms with van der Waals surface area (Å²) in [7, 11) is 0. The Bertz CT molecular complexity index is 665. The van der Waals surface area contributed by atoms with Crippen LogP contribution in [-0.2, 0) is 6.54 Å². The van der Waals surface area contributed by atoms with E-state index in [1.54, 1.807) is 24.3 Å². The minimum Gasteiger partial charge on any atom is -0.375 e. The molecule has 0 saturated heterocycles. The summed E-state index contributed by atoms with van der Waals surface area (Å²) >= 11 is 5.93. The van der Waals surface area contributed by atoms with Gasteiger partial charge < -0.3 is 5.32 Å². The molecule has 4 nitrogen and oxygen atoms in total. The highest BCUT2D eigenvalue weighted by Crippen LogP contribution is 2.29. The number of halogens is 3. The van der Waals surface area contributed by atoms with Crippen molar-refractivity contribution in [2.24, 2.45) is 0 Å². The van der Waals surface area contributed by atoms with Crippen molar-refractivity contribution in [2.45, 2.75) is 6.54 Å². The topological polar surface area (TPSA) is 55.2 Å². The minimum absolute atomic E-state index is 0.114. The fraction of sp³-hybridized carbons (Fsp3) is 0.0769. The number of nitrogens with zero attached hydrogens (tertiary/aromatic N) is 1. The van der Waals surface area contributed by atoms with E-state index in [-0.39, 0.29) is 12.2 Å². The Labute approximate surface area is 118 Å². The van der Waals surface area contributed by atoms with Crippen LogP contribution < -0.4 is 5.32 Å². The van der Waals surface area contributed by atoms with Gasteiger partial charge in [-0.2, -0.15) is 4.39 Å². The molecule has 2 rings (SSSR count). The van der Waals surface area contributed by atoms with Crippen LogP contribution in [0.25, 0.3) is 0 Å². The maximum Gasteiger partial charge on any atom is 0.327 e. The third kappa shape index (κ3) is 3.03. The van der Waals surface area contributed by atoms with Gasteiger partial charge in [-0.15, -0.1) is 0 Å². The molecule has 0 aliphatic carbocycles. The van der Waals surface area contributed by atoms with E-state index in [2.05, 4.69) is 5.32 Å². The van der Waals surface area contributed by atoms with E-state index in [9.17, 15) is 18.9 Å². The predicted molar refractivity (Wildman–Crippen MR) is 71.8 cm³/mol. The third-order valence-electron chi connectivity index (χ3n) is 2.64. The highest BCUT2D eigenvalue weighted by Gasteiger charge is 2.21. The molecule has 0 spiro atoms. The zero-order valence-corrected chi connectivity index (χ0v) is 10.8. The van der Waals surface area contributed by atoms with Crippen LogP contribution in [0.5, 0.6) is 0 Å². The van der Waals surface area contributed by atoms with Crippen LogP contribution in [-0.4, -0.2) is 4.92 Å². The van der Waals surface area contributed by atoms with Crippen LogP contribution in [0.3, 0.4) is 0 Å². The zero-order chi connectivity index (χ0) is 14.7. The second-order valence-electron chi connectivity index (χ2n) is 3.99. The largest absolute Gasteiger partial charge is 0.375 e. The lowest BCUT2D eigenvalue weighted by Gasteiger charge is -2.09. The zero-order valence-electron chi connectivity index (χ0n) is 10.1.